The molecule has 1 atom stereocenters. The summed E-state index contributed by atoms with van der Waals surface area (Å²) in [7, 11) is 3.33. The molecule has 140 valence electrons. The van der Waals surface area contributed by atoms with Gasteiger partial charge < -0.3 is 4.90 Å². The Morgan fingerprint density at radius 2 is 1.96 bits per heavy atom. The van der Waals surface area contributed by atoms with E-state index in [2.05, 4.69) is 4.98 Å². The summed E-state index contributed by atoms with van der Waals surface area (Å²) in [5.74, 6) is -0.682. The van der Waals surface area contributed by atoms with E-state index in [1.54, 1.807) is 45.3 Å². The van der Waals surface area contributed by atoms with Crippen molar-refractivity contribution >= 4 is 40.2 Å². The van der Waals surface area contributed by atoms with Crippen molar-refractivity contribution in [3.05, 3.63) is 63.7 Å². The SMILES string of the molecule is C[C@@H](Sc1nc2ccccc2c(=O)n1-c1ccc(F)c(Cl)c1)C(=O)N(C)C. The molecule has 1 heterocycles. The zero-order chi connectivity index (χ0) is 19.7. The summed E-state index contributed by atoms with van der Waals surface area (Å²) in [5, 5.41) is 0.203. The second-order valence-corrected chi connectivity index (χ2v) is 7.86. The Labute approximate surface area is 164 Å². The molecule has 0 saturated heterocycles. The van der Waals surface area contributed by atoms with E-state index in [1.807, 2.05) is 0 Å². The number of benzene rings is 2. The molecule has 0 spiro atoms. The zero-order valence-electron chi connectivity index (χ0n) is 14.9. The number of fused-ring (bicyclic) bond motifs is 1. The van der Waals surface area contributed by atoms with E-state index in [-0.39, 0.29) is 16.5 Å². The van der Waals surface area contributed by atoms with E-state index >= 15 is 0 Å². The maximum atomic E-state index is 13.6. The molecule has 0 aliphatic rings. The second-order valence-electron chi connectivity index (χ2n) is 6.14. The van der Waals surface area contributed by atoms with Gasteiger partial charge in [0, 0.05) is 14.1 Å². The molecule has 3 aromatic rings. The van der Waals surface area contributed by atoms with Crippen LogP contribution in [0.3, 0.4) is 0 Å². The summed E-state index contributed by atoms with van der Waals surface area (Å²) in [6.45, 7) is 1.75. The first-order valence-corrected chi connectivity index (χ1v) is 9.40. The van der Waals surface area contributed by atoms with Crippen molar-refractivity contribution in [1.82, 2.24) is 14.5 Å². The number of hydrogen-bond acceptors (Lipinski definition) is 4. The molecule has 0 N–H and O–H groups in total. The summed E-state index contributed by atoms with van der Waals surface area (Å²) in [6.07, 6.45) is 0. The van der Waals surface area contributed by atoms with E-state index in [1.165, 1.54) is 27.7 Å². The molecule has 1 amide bonds. The number of carbonyl (C=O) groups excluding carboxylic acids is 1. The number of amides is 1. The first kappa shape index (κ1) is 19.4. The molecule has 1 aromatic heterocycles. The second kappa shape index (κ2) is 7.70. The molecule has 3 rings (SSSR count). The van der Waals surface area contributed by atoms with Gasteiger partial charge in [-0.15, -0.1) is 0 Å². The lowest BCUT2D eigenvalue weighted by Crippen LogP contribution is -2.31. The van der Waals surface area contributed by atoms with E-state index in [9.17, 15) is 14.0 Å². The topological polar surface area (TPSA) is 55.2 Å². The lowest BCUT2D eigenvalue weighted by molar-refractivity contribution is -0.127. The molecule has 0 unspecified atom stereocenters. The Hall–Kier alpha value is -2.38. The highest BCUT2D eigenvalue weighted by atomic mass is 35.5. The lowest BCUT2D eigenvalue weighted by Gasteiger charge is -2.19. The van der Waals surface area contributed by atoms with Crippen molar-refractivity contribution in [1.29, 1.82) is 0 Å². The third-order valence-electron chi connectivity index (χ3n) is 3.98. The summed E-state index contributed by atoms with van der Waals surface area (Å²) >= 11 is 7.07. The summed E-state index contributed by atoms with van der Waals surface area (Å²) in [5.41, 5.74) is 0.603. The number of halogens is 2. The van der Waals surface area contributed by atoms with Crippen molar-refractivity contribution < 1.29 is 9.18 Å². The van der Waals surface area contributed by atoms with Gasteiger partial charge >= 0.3 is 0 Å². The number of carbonyl (C=O) groups is 1. The highest BCUT2D eigenvalue weighted by Gasteiger charge is 2.21. The summed E-state index contributed by atoms with van der Waals surface area (Å²) in [6, 6.07) is 11.0. The van der Waals surface area contributed by atoms with Crippen LogP contribution in [0.2, 0.25) is 5.02 Å². The van der Waals surface area contributed by atoms with Crippen LogP contribution in [0.1, 0.15) is 6.92 Å². The zero-order valence-corrected chi connectivity index (χ0v) is 16.5. The highest BCUT2D eigenvalue weighted by molar-refractivity contribution is 8.00. The maximum absolute atomic E-state index is 13.6. The van der Waals surface area contributed by atoms with Crippen LogP contribution in [0.15, 0.2) is 52.4 Å². The van der Waals surface area contributed by atoms with E-state index in [0.29, 0.717) is 21.7 Å². The van der Waals surface area contributed by atoms with Gasteiger partial charge in [-0.05, 0) is 37.3 Å². The Kier molecular flexibility index (Phi) is 5.53. The summed E-state index contributed by atoms with van der Waals surface area (Å²) < 4.78 is 14.9. The van der Waals surface area contributed by atoms with Crippen LogP contribution in [-0.2, 0) is 4.79 Å². The van der Waals surface area contributed by atoms with Gasteiger partial charge in [0.25, 0.3) is 5.56 Å². The van der Waals surface area contributed by atoms with Gasteiger partial charge in [-0.2, -0.15) is 0 Å². The Morgan fingerprint density at radius 1 is 1.26 bits per heavy atom. The molecular weight excluding hydrogens is 389 g/mol. The van der Waals surface area contributed by atoms with Crippen molar-refractivity contribution in [2.24, 2.45) is 0 Å². The van der Waals surface area contributed by atoms with Crippen LogP contribution in [0.4, 0.5) is 4.39 Å². The molecule has 5 nitrogen and oxygen atoms in total. The minimum Gasteiger partial charge on any atom is -0.348 e. The van der Waals surface area contributed by atoms with E-state index < -0.39 is 11.1 Å². The first-order valence-electron chi connectivity index (χ1n) is 8.14. The molecule has 0 saturated carbocycles. The van der Waals surface area contributed by atoms with Crippen LogP contribution < -0.4 is 5.56 Å². The molecule has 27 heavy (non-hydrogen) atoms. The number of rotatable bonds is 4. The Bertz CT molecular complexity index is 1080. The molecule has 2 aromatic carbocycles. The fourth-order valence-corrected chi connectivity index (χ4v) is 3.86. The molecule has 0 radical (unpaired) electrons. The summed E-state index contributed by atoms with van der Waals surface area (Å²) in [4.78, 5) is 31.4. The van der Waals surface area contributed by atoms with Crippen molar-refractivity contribution in [2.45, 2.75) is 17.3 Å². The molecular formula is C19H17ClFN3O2S. The molecule has 0 fully saturated rings. The quantitative estimate of drug-likeness (QED) is 0.490. The average Bonchev–Trinajstić information content (AvgIpc) is 2.63. The Balaban J connectivity index is 2.22. The van der Waals surface area contributed by atoms with Crippen LogP contribution in [-0.4, -0.2) is 39.7 Å². The predicted molar refractivity (Wildman–Crippen MR) is 106 cm³/mol. The normalized spacial score (nSPS) is 12.2. The van der Waals surface area contributed by atoms with E-state index in [4.69, 9.17) is 11.6 Å². The largest absolute Gasteiger partial charge is 0.348 e. The molecule has 0 bridgehead atoms. The smallest absolute Gasteiger partial charge is 0.266 e. The first-order chi connectivity index (χ1) is 12.8. The molecule has 0 aliphatic carbocycles. The minimum atomic E-state index is -0.576. The predicted octanol–water partition coefficient (Wildman–Crippen LogP) is 3.75. The number of thioether (sulfide) groups is 1. The molecule has 8 heteroatoms. The number of hydrogen-bond donors (Lipinski definition) is 0. The third-order valence-corrected chi connectivity index (χ3v) is 5.31. The van der Waals surface area contributed by atoms with Gasteiger partial charge in [-0.25, -0.2) is 9.37 Å². The third kappa shape index (κ3) is 3.84. The van der Waals surface area contributed by atoms with Crippen LogP contribution in [0, 0.1) is 5.82 Å². The minimum absolute atomic E-state index is 0.0964. The van der Waals surface area contributed by atoms with Crippen LogP contribution in [0.25, 0.3) is 16.6 Å². The monoisotopic (exact) mass is 405 g/mol. The average molecular weight is 406 g/mol. The fourth-order valence-electron chi connectivity index (χ4n) is 2.62. The highest BCUT2D eigenvalue weighted by Crippen LogP contribution is 2.27. The Morgan fingerprint density at radius 3 is 2.63 bits per heavy atom. The lowest BCUT2D eigenvalue weighted by atomic mass is 10.2. The van der Waals surface area contributed by atoms with Gasteiger partial charge in [-0.1, -0.05) is 35.5 Å². The van der Waals surface area contributed by atoms with Gasteiger partial charge in [-0.3, -0.25) is 14.2 Å². The number of nitrogens with zero attached hydrogens (tertiary/aromatic N) is 3. The van der Waals surface area contributed by atoms with Crippen LogP contribution in [0.5, 0.6) is 0 Å². The van der Waals surface area contributed by atoms with Crippen molar-refractivity contribution in [3.63, 3.8) is 0 Å². The standard InChI is InChI=1S/C19H17ClFN3O2S/c1-11(17(25)23(2)3)27-19-22-16-7-5-4-6-13(16)18(26)24(19)12-8-9-15(21)14(20)10-12/h4-11H,1-3H3/t11-/m1/s1. The van der Waals surface area contributed by atoms with Gasteiger partial charge in [0.2, 0.25) is 5.91 Å². The maximum Gasteiger partial charge on any atom is 0.266 e. The number of aromatic nitrogens is 2. The van der Waals surface area contributed by atoms with Crippen molar-refractivity contribution in [2.75, 3.05) is 14.1 Å². The number of para-hydroxylation sites is 1. The molecule has 0 aliphatic heterocycles. The fraction of sp³-hybridized carbons (Fsp3) is 0.211. The van der Waals surface area contributed by atoms with Gasteiger partial charge in [0.05, 0.1) is 26.9 Å². The van der Waals surface area contributed by atoms with Crippen LogP contribution >= 0.6 is 23.4 Å². The van der Waals surface area contributed by atoms with Crippen molar-refractivity contribution in [3.8, 4) is 5.69 Å². The van der Waals surface area contributed by atoms with Gasteiger partial charge in [0.1, 0.15) is 5.82 Å². The van der Waals surface area contributed by atoms with E-state index in [0.717, 1.165) is 11.8 Å². The van der Waals surface area contributed by atoms with Gasteiger partial charge in [0.15, 0.2) is 5.16 Å².